The SMILES string of the molecule is NC(=O)C(c1ccccc1)C(CCC(F)(F)F)C(=O)NC1CN(c2cc(C(F)(F)F)ccn2)c2cccc(Cl)c2NC1=O. The summed E-state index contributed by atoms with van der Waals surface area (Å²) in [7, 11) is 0. The molecular weight excluding hydrogens is 604 g/mol. The number of primary amides is 1. The number of para-hydroxylation sites is 1. The molecule has 2 heterocycles. The second-order valence-corrected chi connectivity index (χ2v) is 10.2. The van der Waals surface area contributed by atoms with Crippen molar-refractivity contribution in [1.82, 2.24) is 10.3 Å². The molecule has 4 N–H and O–H groups in total. The maximum absolute atomic E-state index is 13.6. The van der Waals surface area contributed by atoms with Crippen molar-refractivity contribution in [2.24, 2.45) is 11.7 Å². The minimum absolute atomic E-state index is 0.0121. The van der Waals surface area contributed by atoms with E-state index in [1.165, 1.54) is 47.4 Å². The van der Waals surface area contributed by atoms with Gasteiger partial charge in [-0.3, -0.25) is 14.4 Å². The molecule has 228 valence electrons. The number of halogens is 7. The summed E-state index contributed by atoms with van der Waals surface area (Å²) in [5, 5.41) is 4.93. The van der Waals surface area contributed by atoms with Crippen LogP contribution in [0.1, 0.15) is 29.9 Å². The van der Waals surface area contributed by atoms with E-state index in [0.29, 0.717) is 0 Å². The predicted molar refractivity (Wildman–Crippen MR) is 145 cm³/mol. The second-order valence-electron chi connectivity index (χ2n) is 9.75. The Labute approximate surface area is 246 Å². The van der Waals surface area contributed by atoms with Gasteiger partial charge in [-0.05, 0) is 36.2 Å². The van der Waals surface area contributed by atoms with Crippen molar-refractivity contribution in [3.63, 3.8) is 0 Å². The van der Waals surface area contributed by atoms with Crippen molar-refractivity contribution in [2.75, 3.05) is 16.8 Å². The molecule has 3 atom stereocenters. The molecule has 15 heteroatoms. The van der Waals surface area contributed by atoms with Gasteiger partial charge in [0.1, 0.15) is 11.9 Å². The fourth-order valence-electron chi connectivity index (χ4n) is 4.81. The summed E-state index contributed by atoms with van der Waals surface area (Å²) in [6, 6.07) is 11.8. The standard InChI is InChI=1S/C28H24ClF6N5O3/c29-18-7-4-8-20-23(18)39-26(43)19(14-40(20)21-13-16(10-12-37-21)28(33,34)35)38-25(42)17(9-11-27(30,31)32)22(24(36)41)15-5-2-1-3-6-15/h1-8,10,12-13,17,19,22H,9,11,14H2,(H2,36,41)(H,38,42)(H,39,43). The zero-order valence-electron chi connectivity index (χ0n) is 22.0. The lowest BCUT2D eigenvalue weighted by molar-refractivity contribution is -0.144. The molecule has 0 bridgehead atoms. The summed E-state index contributed by atoms with van der Waals surface area (Å²) >= 11 is 6.28. The van der Waals surface area contributed by atoms with E-state index in [4.69, 9.17) is 17.3 Å². The van der Waals surface area contributed by atoms with Crippen LogP contribution in [-0.4, -0.2) is 41.5 Å². The van der Waals surface area contributed by atoms with E-state index in [1.807, 2.05) is 0 Å². The molecule has 1 aliphatic rings. The maximum Gasteiger partial charge on any atom is 0.416 e. The number of aromatic nitrogens is 1. The van der Waals surface area contributed by atoms with E-state index in [1.54, 1.807) is 6.07 Å². The van der Waals surface area contributed by atoms with E-state index >= 15 is 0 Å². The molecule has 0 fully saturated rings. The largest absolute Gasteiger partial charge is 0.416 e. The predicted octanol–water partition coefficient (Wildman–Crippen LogP) is 5.56. The van der Waals surface area contributed by atoms with Crippen LogP contribution in [-0.2, 0) is 20.6 Å². The molecule has 0 radical (unpaired) electrons. The quantitative estimate of drug-likeness (QED) is 0.283. The number of amides is 3. The number of alkyl halides is 6. The fraction of sp³-hybridized carbons (Fsp3) is 0.286. The molecule has 3 unspecified atom stereocenters. The highest BCUT2D eigenvalue weighted by Gasteiger charge is 2.40. The van der Waals surface area contributed by atoms with Crippen molar-refractivity contribution < 1.29 is 40.7 Å². The van der Waals surface area contributed by atoms with Gasteiger partial charge in [0, 0.05) is 12.6 Å². The van der Waals surface area contributed by atoms with E-state index in [-0.39, 0.29) is 27.8 Å². The third kappa shape index (κ3) is 7.55. The Hall–Kier alpha value is -4.33. The number of benzene rings is 2. The molecule has 0 saturated carbocycles. The third-order valence-corrected chi connectivity index (χ3v) is 7.14. The normalized spacial score (nSPS) is 16.9. The maximum atomic E-state index is 13.6. The average Bonchev–Trinajstić information content (AvgIpc) is 3.07. The molecule has 2 aromatic carbocycles. The van der Waals surface area contributed by atoms with Gasteiger partial charge in [-0.1, -0.05) is 48.0 Å². The number of nitrogens with one attached hydrogen (secondary N) is 2. The molecule has 3 amide bonds. The zero-order valence-corrected chi connectivity index (χ0v) is 22.8. The average molecular weight is 628 g/mol. The summed E-state index contributed by atoms with van der Waals surface area (Å²) in [6.07, 6.45) is -10.8. The summed E-state index contributed by atoms with van der Waals surface area (Å²) in [5.41, 5.74) is 4.87. The monoisotopic (exact) mass is 627 g/mol. The molecule has 3 aromatic rings. The van der Waals surface area contributed by atoms with Gasteiger partial charge in [0.15, 0.2) is 0 Å². The first-order chi connectivity index (χ1) is 20.2. The highest BCUT2D eigenvalue weighted by atomic mass is 35.5. The smallest absolute Gasteiger partial charge is 0.369 e. The number of rotatable bonds is 8. The van der Waals surface area contributed by atoms with Gasteiger partial charge in [-0.2, -0.15) is 26.3 Å². The summed E-state index contributed by atoms with van der Waals surface area (Å²) in [6.45, 7) is -0.488. The summed E-state index contributed by atoms with van der Waals surface area (Å²) in [4.78, 5) is 44.6. The Bertz CT molecular complexity index is 1500. The van der Waals surface area contributed by atoms with Crippen LogP contribution >= 0.6 is 11.6 Å². The first-order valence-corrected chi connectivity index (χ1v) is 13.1. The fourth-order valence-corrected chi connectivity index (χ4v) is 5.03. The molecule has 8 nitrogen and oxygen atoms in total. The van der Waals surface area contributed by atoms with E-state index in [2.05, 4.69) is 15.6 Å². The first kappa shape index (κ1) is 31.6. The molecular formula is C28H24ClF6N5O3. The van der Waals surface area contributed by atoms with Gasteiger partial charge < -0.3 is 21.3 Å². The summed E-state index contributed by atoms with van der Waals surface area (Å²) in [5.74, 6) is -6.39. The number of hydrogen-bond acceptors (Lipinski definition) is 5. The van der Waals surface area contributed by atoms with E-state index in [0.717, 1.165) is 18.3 Å². The molecule has 1 aromatic heterocycles. The zero-order chi connectivity index (χ0) is 31.5. The van der Waals surface area contributed by atoms with Crippen molar-refractivity contribution in [3.05, 3.63) is 83.0 Å². The van der Waals surface area contributed by atoms with Gasteiger partial charge in [0.05, 0.1) is 40.3 Å². The second kappa shape index (κ2) is 12.5. The molecule has 4 rings (SSSR count). The van der Waals surface area contributed by atoms with Crippen molar-refractivity contribution >= 4 is 46.5 Å². The van der Waals surface area contributed by atoms with Crippen LogP contribution in [0.15, 0.2) is 66.9 Å². The number of carbonyl (C=O) groups is 3. The molecule has 0 aliphatic carbocycles. The minimum Gasteiger partial charge on any atom is -0.369 e. The van der Waals surface area contributed by atoms with Crippen molar-refractivity contribution in [2.45, 2.75) is 37.2 Å². The van der Waals surface area contributed by atoms with Crippen LogP contribution in [0.3, 0.4) is 0 Å². The number of anilines is 3. The number of carbonyl (C=O) groups excluding carboxylic acids is 3. The lowest BCUT2D eigenvalue weighted by Crippen LogP contribution is -2.51. The lowest BCUT2D eigenvalue weighted by Gasteiger charge is -2.29. The Kier molecular flexibility index (Phi) is 9.18. The van der Waals surface area contributed by atoms with Crippen LogP contribution in [0.4, 0.5) is 43.5 Å². The summed E-state index contributed by atoms with van der Waals surface area (Å²) < 4.78 is 80.3. The number of hydrogen-bond donors (Lipinski definition) is 3. The molecule has 0 saturated heterocycles. The van der Waals surface area contributed by atoms with Crippen molar-refractivity contribution in [3.8, 4) is 0 Å². The Balaban J connectivity index is 1.73. The third-order valence-electron chi connectivity index (χ3n) is 6.82. The van der Waals surface area contributed by atoms with E-state index < -0.39 is 72.9 Å². The Morgan fingerprint density at radius 1 is 1.07 bits per heavy atom. The minimum atomic E-state index is -4.73. The number of fused-ring (bicyclic) bond motifs is 1. The van der Waals surface area contributed by atoms with Gasteiger partial charge in [-0.15, -0.1) is 0 Å². The van der Waals surface area contributed by atoms with Crippen molar-refractivity contribution in [1.29, 1.82) is 0 Å². The molecule has 43 heavy (non-hydrogen) atoms. The first-order valence-electron chi connectivity index (χ1n) is 12.8. The van der Waals surface area contributed by atoms with Crippen LogP contribution in [0.25, 0.3) is 0 Å². The van der Waals surface area contributed by atoms with Gasteiger partial charge in [0.2, 0.25) is 17.7 Å². The Morgan fingerprint density at radius 3 is 2.40 bits per heavy atom. The Morgan fingerprint density at radius 2 is 1.77 bits per heavy atom. The lowest BCUT2D eigenvalue weighted by atomic mass is 9.81. The topological polar surface area (TPSA) is 117 Å². The van der Waals surface area contributed by atoms with Crippen LogP contribution < -0.4 is 21.3 Å². The van der Waals surface area contributed by atoms with Gasteiger partial charge in [-0.25, -0.2) is 4.98 Å². The van der Waals surface area contributed by atoms with Gasteiger partial charge >= 0.3 is 12.4 Å². The van der Waals surface area contributed by atoms with Crippen LogP contribution in [0, 0.1) is 5.92 Å². The molecule has 1 aliphatic heterocycles. The molecule has 0 spiro atoms. The highest BCUT2D eigenvalue weighted by Crippen LogP contribution is 2.40. The number of pyridine rings is 1. The van der Waals surface area contributed by atoms with Crippen LogP contribution in [0.2, 0.25) is 5.02 Å². The highest BCUT2D eigenvalue weighted by molar-refractivity contribution is 6.34. The number of nitrogens with two attached hydrogens (primary N) is 1. The van der Waals surface area contributed by atoms with Gasteiger partial charge in [0.25, 0.3) is 0 Å². The van der Waals surface area contributed by atoms with E-state index in [9.17, 15) is 40.7 Å². The van der Waals surface area contributed by atoms with Crippen LogP contribution in [0.5, 0.6) is 0 Å². The number of nitrogens with zero attached hydrogens (tertiary/aromatic N) is 2.